The second-order valence-corrected chi connectivity index (χ2v) is 6.61. The Morgan fingerprint density at radius 3 is 2.91 bits per heavy atom. The van der Waals surface area contributed by atoms with E-state index in [2.05, 4.69) is 27.0 Å². The lowest BCUT2D eigenvalue weighted by molar-refractivity contribution is 0.0535. The van der Waals surface area contributed by atoms with Crippen molar-refractivity contribution in [3.05, 3.63) is 11.1 Å². The average molecular weight is 323 g/mol. The molecule has 120 valence electrons. The summed E-state index contributed by atoms with van der Waals surface area (Å²) in [6.07, 6.45) is -0.464. The molecular formula is C15H21N3O3S. The van der Waals surface area contributed by atoms with Crippen molar-refractivity contribution in [1.82, 2.24) is 10.3 Å². The highest BCUT2D eigenvalue weighted by Gasteiger charge is 2.15. The summed E-state index contributed by atoms with van der Waals surface area (Å²) in [4.78, 5) is 18.1. The minimum atomic E-state index is -0.501. The van der Waals surface area contributed by atoms with E-state index < -0.39 is 11.7 Å². The normalized spacial score (nSPS) is 15.0. The Hall–Kier alpha value is -1.78. The Kier molecular flexibility index (Phi) is 5.63. The van der Waals surface area contributed by atoms with Gasteiger partial charge in [-0.25, -0.2) is 9.78 Å². The van der Waals surface area contributed by atoms with Gasteiger partial charge in [0, 0.05) is 18.5 Å². The molecule has 1 N–H and O–H groups in total. The van der Waals surface area contributed by atoms with Crippen molar-refractivity contribution in [3.8, 4) is 11.8 Å². The van der Waals surface area contributed by atoms with Gasteiger partial charge in [-0.2, -0.15) is 0 Å². The van der Waals surface area contributed by atoms with E-state index in [0.717, 1.165) is 37.1 Å². The number of hydrogen-bond donors (Lipinski definition) is 1. The summed E-state index contributed by atoms with van der Waals surface area (Å²) in [5.41, 5.74) is 0.219. The molecule has 6 nitrogen and oxygen atoms in total. The average Bonchev–Trinajstić information content (AvgIpc) is 2.91. The number of nitrogens with zero attached hydrogens (tertiary/aromatic N) is 2. The van der Waals surface area contributed by atoms with Crippen molar-refractivity contribution < 1.29 is 14.3 Å². The zero-order valence-corrected chi connectivity index (χ0v) is 14.0. The lowest BCUT2D eigenvalue weighted by Crippen LogP contribution is -2.36. The Balaban J connectivity index is 1.80. The van der Waals surface area contributed by atoms with Crippen LogP contribution in [0.3, 0.4) is 0 Å². The lowest BCUT2D eigenvalue weighted by Gasteiger charge is -2.25. The number of nitrogens with one attached hydrogen (secondary N) is 1. The summed E-state index contributed by atoms with van der Waals surface area (Å²) in [6.45, 7) is 8.89. The van der Waals surface area contributed by atoms with Gasteiger partial charge < -0.3 is 19.7 Å². The van der Waals surface area contributed by atoms with E-state index in [-0.39, 0.29) is 6.54 Å². The van der Waals surface area contributed by atoms with Crippen LogP contribution in [0.4, 0.5) is 9.93 Å². The standard InChI is InChI=1S/C15H21N3O3S/c1-15(2,3)21-14(19)16-6-4-5-12-11-22-13(17-12)18-7-9-20-10-8-18/h11H,6-10H2,1-3H3,(H,16,19). The second kappa shape index (κ2) is 7.47. The SMILES string of the molecule is CC(C)(C)OC(=O)NCC#Cc1csc(N2CCOCC2)n1. The van der Waals surface area contributed by atoms with Gasteiger partial charge in [-0.3, -0.25) is 0 Å². The molecule has 1 aliphatic rings. The molecule has 0 atom stereocenters. The number of anilines is 1. The molecule has 1 aromatic rings. The molecule has 0 radical (unpaired) electrons. The number of hydrogen-bond acceptors (Lipinski definition) is 6. The van der Waals surface area contributed by atoms with Crippen LogP contribution >= 0.6 is 11.3 Å². The lowest BCUT2D eigenvalue weighted by atomic mass is 10.2. The number of amides is 1. The molecule has 0 unspecified atom stereocenters. The molecule has 0 saturated carbocycles. The van der Waals surface area contributed by atoms with Crippen molar-refractivity contribution in [2.75, 3.05) is 37.7 Å². The summed E-state index contributed by atoms with van der Waals surface area (Å²) in [6, 6.07) is 0. The molecule has 0 bridgehead atoms. The van der Waals surface area contributed by atoms with Gasteiger partial charge in [0.15, 0.2) is 5.13 Å². The minimum absolute atomic E-state index is 0.235. The quantitative estimate of drug-likeness (QED) is 0.842. The van der Waals surface area contributed by atoms with Crippen LogP contribution in [0.1, 0.15) is 26.5 Å². The predicted octanol–water partition coefficient (Wildman–Crippen LogP) is 1.86. The van der Waals surface area contributed by atoms with Crippen molar-refractivity contribution >= 4 is 22.6 Å². The number of ether oxygens (including phenoxy) is 2. The van der Waals surface area contributed by atoms with Crippen molar-refractivity contribution in [1.29, 1.82) is 0 Å². The molecule has 22 heavy (non-hydrogen) atoms. The Labute approximate surface area is 134 Å². The zero-order valence-electron chi connectivity index (χ0n) is 13.1. The highest BCUT2D eigenvalue weighted by atomic mass is 32.1. The largest absolute Gasteiger partial charge is 0.444 e. The molecule has 7 heteroatoms. The van der Waals surface area contributed by atoms with Crippen LogP contribution in [0.5, 0.6) is 0 Å². The van der Waals surface area contributed by atoms with E-state index in [4.69, 9.17) is 9.47 Å². The highest BCUT2D eigenvalue weighted by Crippen LogP contribution is 2.20. The van der Waals surface area contributed by atoms with E-state index in [1.54, 1.807) is 11.3 Å². The van der Waals surface area contributed by atoms with Crippen LogP contribution in [-0.4, -0.2) is 49.5 Å². The maximum Gasteiger partial charge on any atom is 0.408 e. The Morgan fingerprint density at radius 1 is 1.50 bits per heavy atom. The van der Waals surface area contributed by atoms with Crippen LogP contribution in [0.25, 0.3) is 0 Å². The zero-order chi connectivity index (χ0) is 16.0. The molecule has 2 heterocycles. The molecule has 1 aromatic heterocycles. The van der Waals surface area contributed by atoms with Gasteiger partial charge in [0.25, 0.3) is 0 Å². The molecule has 1 amide bonds. The van der Waals surface area contributed by atoms with Crippen molar-refractivity contribution in [2.24, 2.45) is 0 Å². The summed E-state index contributed by atoms with van der Waals surface area (Å²) >= 11 is 1.57. The van der Waals surface area contributed by atoms with E-state index in [9.17, 15) is 4.79 Å². The summed E-state index contributed by atoms with van der Waals surface area (Å²) in [5, 5.41) is 5.48. The van der Waals surface area contributed by atoms with E-state index in [0.29, 0.717) is 0 Å². The first-order chi connectivity index (χ1) is 10.4. The van der Waals surface area contributed by atoms with E-state index in [1.807, 2.05) is 26.2 Å². The Bertz CT molecular complexity index is 563. The van der Waals surface area contributed by atoms with Gasteiger partial charge in [-0.1, -0.05) is 5.92 Å². The number of alkyl carbamates (subject to hydrolysis) is 1. The smallest absolute Gasteiger partial charge is 0.408 e. The Morgan fingerprint density at radius 2 is 2.23 bits per heavy atom. The molecule has 2 rings (SSSR count). The molecule has 1 saturated heterocycles. The third kappa shape index (κ3) is 5.54. The van der Waals surface area contributed by atoms with Gasteiger partial charge in [0.2, 0.25) is 0 Å². The third-order valence-corrected chi connectivity index (χ3v) is 3.61. The fraction of sp³-hybridized carbons (Fsp3) is 0.600. The first kappa shape index (κ1) is 16.6. The monoisotopic (exact) mass is 323 g/mol. The van der Waals surface area contributed by atoms with Crippen molar-refractivity contribution in [2.45, 2.75) is 26.4 Å². The minimum Gasteiger partial charge on any atom is -0.444 e. The van der Waals surface area contributed by atoms with E-state index in [1.165, 1.54) is 0 Å². The van der Waals surface area contributed by atoms with Crippen molar-refractivity contribution in [3.63, 3.8) is 0 Å². The molecule has 0 aliphatic carbocycles. The van der Waals surface area contributed by atoms with Crippen LogP contribution in [0, 0.1) is 11.8 Å². The van der Waals surface area contributed by atoms with Gasteiger partial charge >= 0.3 is 6.09 Å². The number of aromatic nitrogens is 1. The number of thiazole rings is 1. The fourth-order valence-corrected chi connectivity index (χ4v) is 2.60. The summed E-state index contributed by atoms with van der Waals surface area (Å²) < 4.78 is 10.4. The van der Waals surface area contributed by atoms with Crippen LogP contribution in [0.2, 0.25) is 0 Å². The van der Waals surface area contributed by atoms with Crippen LogP contribution in [-0.2, 0) is 9.47 Å². The number of morpholine rings is 1. The fourth-order valence-electron chi connectivity index (χ4n) is 1.79. The van der Waals surface area contributed by atoms with Gasteiger partial charge in [-0.15, -0.1) is 11.3 Å². The molecule has 0 aromatic carbocycles. The van der Waals surface area contributed by atoms with Crippen LogP contribution < -0.4 is 10.2 Å². The molecule has 1 fully saturated rings. The van der Waals surface area contributed by atoms with Crippen LogP contribution in [0.15, 0.2) is 5.38 Å². The first-order valence-corrected chi connectivity index (χ1v) is 8.06. The molecule has 0 spiro atoms. The number of carbonyl (C=O) groups excluding carboxylic acids is 1. The topological polar surface area (TPSA) is 63.7 Å². The van der Waals surface area contributed by atoms with Gasteiger partial charge in [-0.05, 0) is 26.7 Å². The molecule has 1 aliphatic heterocycles. The molecular weight excluding hydrogens is 302 g/mol. The van der Waals surface area contributed by atoms with E-state index >= 15 is 0 Å². The number of rotatable bonds is 2. The summed E-state index contributed by atoms with van der Waals surface area (Å²) in [5.74, 6) is 5.82. The second-order valence-electron chi connectivity index (χ2n) is 5.77. The number of carbonyl (C=O) groups is 1. The summed E-state index contributed by atoms with van der Waals surface area (Å²) in [7, 11) is 0. The predicted molar refractivity (Wildman–Crippen MR) is 86.3 cm³/mol. The third-order valence-electron chi connectivity index (χ3n) is 2.71. The maximum atomic E-state index is 11.4. The van der Waals surface area contributed by atoms with Gasteiger partial charge in [0.05, 0.1) is 19.8 Å². The maximum absolute atomic E-state index is 11.4. The van der Waals surface area contributed by atoms with Gasteiger partial charge in [0.1, 0.15) is 11.3 Å². The first-order valence-electron chi connectivity index (χ1n) is 7.18. The highest BCUT2D eigenvalue weighted by molar-refractivity contribution is 7.13.